The molecular weight excluding hydrogens is 216 g/mol. The topological polar surface area (TPSA) is 70.9 Å². The minimum atomic E-state index is 0.625. The highest BCUT2D eigenvalue weighted by molar-refractivity contribution is 5.49. The maximum absolute atomic E-state index is 4.42. The van der Waals surface area contributed by atoms with Gasteiger partial charge in [0, 0.05) is 24.5 Å². The average Bonchev–Trinajstić information content (AvgIpc) is 2.95. The standard InChI is InChI=1S/C11H12N6/c1-8-3-2-4-17-10(8)15-11(16-17)12-5-9-6-13-14-7-9/h2-4,6-7H,5H2,1H3,(H,12,16)(H,13,14). The third-order valence-electron chi connectivity index (χ3n) is 2.56. The van der Waals surface area contributed by atoms with Crippen molar-refractivity contribution in [2.24, 2.45) is 0 Å². The summed E-state index contributed by atoms with van der Waals surface area (Å²) in [5.41, 5.74) is 3.05. The predicted molar refractivity (Wildman–Crippen MR) is 63.6 cm³/mol. The van der Waals surface area contributed by atoms with Gasteiger partial charge in [0.25, 0.3) is 0 Å². The van der Waals surface area contributed by atoms with Crippen LogP contribution in [-0.2, 0) is 6.54 Å². The lowest BCUT2D eigenvalue weighted by Gasteiger charge is -1.96. The molecule has 6 nitrogen and oxygen atoms in total. The van der Waals surface area contributed by atoms with E-state index in [0.717, 1.165) is 16.8 Å². The van der Waals surface area contributed by atoms with Gasteiger partial charge in [-0.2, -0.15) is 10.1 Å². The molecule has 0 aliphatic heterocycles. The lowest BCUT2D eigenvalue weighted by atomic mass is 10.3. The van der Waals surface area contributed by atoms with Crippen molar-refractivity contribution in [2.45, 2.75) is 13.5 Å². The smallest absolute Gasteiger partial charge is 0.243 e. The Hall–Kier alpha value is -2.37. The molecule has 3 aromatic rings. The molecule has 0 aromatic carbocycles. The third kappa shape index (κ3) is 1.84. The Morgan fingerprint density at radius 2 is 2.41 bits per heavy atom. The molecule has 0 amide bonds. The number of H-pyrrole nitrogens is 1. The Labute approximate surface area is 97.7 Å². The van der Waals surface area contributed by atoms with Crippen LogP contribution in [0.4, 0.5) is 5.95 Å². The summed E-state index contributed by atoms with van der Waals surface area (Å²) in [7, 11) is 0. The first-order chi connectivity index (χ1) is 8.33. The third-order valence-corrected chi connectivity index (χ3v) is 2.56. The van der Waals surface area contributed by atoms with Crippen LogP contribution in [-0.4, -0.2) is 24.8 Å². The van der Waals surface area contributed by atoms with Gasteiger partial charge in [0.05, 0.1) is 6.20 Å². The highest BCUT2D eigenvalue weighted by Gasteiger charge is 2.04. The maximum Gasteiger partial charge on any atom is 0.243 e. The number of aromatic nitrogens is 5. The number of hydrogen-bond donors (Lipinski definition) is 2. The average molecular weight is 228 g/mol. The molecule has 3 rings (SSSR count). The number of aryl methyl sites for hydroxylation is 1. The van der Waals surface area contributed by atoms with Gasteiger partial charge in [0.2, 0.25) is 5.95 Å². The molecule has 0 saturated heterocycles. The Balaban J connectivity index is 1.84. The summed E-state index contributed by atoms with van der Waals surface area (Å²) < 4.78 is 1.77. The van der Waals surface area contributed by atoms with E-state index in [4.69, 9.17) is 0 Å². The van der Waals surface area contributed by atoms with E-state index in [-0.39, 0.29) is 0 Å². The molecule has 17 heavy (non-hydrogen) atoms. The summed E-state index contributed by atoms with van der Waals surface area (Å²) >= 11 is 0. The van der Waals surface area contributed by atoms with E-state index in [0.29, 0.717) is 12.5 Å². The van der Waals surface area contributed by atoms with E-state index >= 15 is 0 Å². The molecule has 0 unspecified atom stereocenters. The fourth-order valence-corrected chi connectivity index (χ4v) is 1.67. The van der Waals surface area contributed by atoms with Gasteiger partial charge < -0.3 is 5.32 Å². The fraction of sp³-hybridized carbons (Fsp3) is 0.182. The largest absolute Gasteiger partial charge is 0.349 e. The van der Waals surface area contributed by atoms with Gasteiger partial charge in [-0.3, -0.25) is 5.10 Å². The summed E-state index contributed by atoms with van der Waals surface area (Å²) in [6.45, 7) is 2.68. The van der Waals surface area contributed by atoms with Gasteiger partial charge in [0.15, 0.2) is 5.65 Å². The van der Waals surface area contributed by atoms with Crippen LogP contribution in [0.5, 0.6) is 0 Å². The maximum atomic E-state index is 4.42. The molecule has 3 heterocycles. The number of nitrogens with zero attached hydrogens (tertiary/aromatic N) is 4. The SMILES string of the molecule is Cc1cccn2nc(NCc3cn[nH]c3)nc12. The molecule has 0 atom stereocenters. The molecule has 3 aromatic heterocycles. The minimum absolute atomic E-state index is 0.625. The van der Waals surface area contributed by atoms with Crippen LogP contribution in [0.15, 0.2) is 30.7 Å². The van der Waals surface area contributed by atoms with Gasteiger partial charge in [-0.1, -0.05) is 6.07 Å². The summed E-state index contributed by atoms with van der Waals surface area (Å²) in [5.74, 6) is 0.625. The number of rotatable bonds is 3. The molecule has 0 bridgehead atoms. The van der Waals surface area contributed by atoms with Gasteiger partial charge in [0.1, 0.15) is 0 Å². The van der Waals surface area contributed by atoms with Crippen molar-refractivity contribution in [2.75, 3.05) is 5.32 Å². The van der Waals surface area contributed by atoms with Crippen LogP contribution < -0.4 is 5.32 Å². The highest BCUT2D eigenvalue weighted by atomic mass is 15.3. The van der Waals surface area contributed by atoms with E-state index < -0.39 is 0 Å². The van der Waals surface area contributed by atoms with Crippen molar-refractivity contribution < 1.29 is 0 Å². The van der Waals surface area contributed by atoms with Crippen LogP contribution in [0.3, 0.4) is 0 Å². The lowest BCUT2D eigenvalue weighted by molar-refractivity contribution is 0.946. The molecule has 0 fully saturated rings. The second-order valence-electron chi connectivity index (χ2n) is 3.85. The zero-order valence-electron chi connectivity index (χ0n) is 9.38. The highest BCUT2D eigenvalue weighted by Crippen LogP contribution is 2.10. The van der Waals surface area contributed by atoms with Crippen LogP contribution in [0.2, 0.25) is 0 Å². The quantitative estimate of drug-likeness (QED) is 0.710. The summed E-state index contributed by atoms with van der Waals surface area (Å²) in [6, 6.07) is 3.97. The molecular formula is C11H12N6. The van der Waals surface area contributed by atoms with E-state index in [1.54, 1.807) is 10.7 Å². The van der Waals surface area contributed by atoms with Crippen LogP contribution in [0, 0.1) is 6.92 Å². The lowest BCUT2D eigenvalue weighted by Crippen LogP contribution is -2.00. The Kier molecular flexibility index (Phi) is 2.25. The molecule has 6 heteroatoms. The molecule has 0 saturated carbocycles. The number of hydrogen-bond acceptors (Lipinski definition) is 4. The number of pyridine rings is 1. The minimum Gasteiger partial charge on any atom is -0.349 e. The molecule has 2 N–H and O–H groups in total. The monoisotopic (exact) mass is 228 g/mol. The number of anilines is 1. The fourth-order valence-electron chi connectivity index (χ4n) is 1.67. The van der Waals surface area contributed by atoms with Gasteiger partial charge in [-0.25, -0.2) is 4.52 Å². The Morgan fingerprint density at radius 3 is 3.18 bits per heavy atom. The number of aromatic amines is 1. The van der Waals surface area contributed by atoms with Crippen LogP contribution in [0.1, 0.15) is 11.1 Å². The summed E-state index contributed by atoms with van der Waals surface area (Å²) in [6.07, 6.45) is 5.50. The van der Waals surface area contributed by atoms with Crippen molar-refractivity contribution in [1.29, 1.82) is 0 Å². The van der Waals surface area contributed by atoms with Gasteiger partial charge in [-0.05, 0) is 18.6 Å². The molecule has 0 spiro atoms. The van der Waals surface area contributed by atoms with Crippen molar-refractivity contribution in [3.05, 3.63) is 41.9 Å². The van der Waals surface area contributed by atoms with Crippen LogP contribution >= 0.6 is 0 Å². The van der Waals surface area contributed by atoms with Crippen molar-refractivity contribution in [3.8, 4) is 0 Å². The van der Waals surface area contributed by atoms with E-state index in [1.165, 1.54) is 0 Å². The predicted octanol–water partition coefficient (Wildman–Crippen LogP) is 1.37. The molecule has 86 valence electrons. The second-order valence-corrected chi connectivity index (χ2v) is 3.85. The van der Waals surface area contributed by atoms with Crippen molar-refractivity contribution in [1.82, 2.24) is 24.8 Å². The summed E-state index contributed by atoms with van der Waals surface area (Å²) in [4.78, 5) is 4.42. The normalized spacial score (nSPS) is 10.9. The molecule has 0 aliphatic carbocycles. The first-order valence-electron chi connectivity index (χ1n) is 5.36. The Morgan fingerprint density at radius 1 is 1.47 bits per heavy atom. The number of fused-ring (bicyclic) bond motifs is 1. The van der Waals surface area contributed by atoms with E-state index in [2.05, 4.69) is 25.6 Å². The van der Waals surface area contributed by atoms with Crippen molar-refractivity contribution in [3.63, 3.8) is 0 Å². The van der Waals surface area contributed by atoms with Crippen LogP contribution in [0.25, 0.3) is 5.65 Å². The number of nitrogens with one attached hydrogen (secondary N) is 2. The van der Waals surface area contributed by atoms with Gasteiger partial charge >= 0.3 is 0 Å². The first-order valence-corrected chi connectivity index (χ1v) is 5.36. The molecule has 0 radical (unpaired) electrons. The zero-order chi connectivity index (χ0) is 11.7. The molecule has 0 aliphatic rings. The second kappa shape index (κ2) is 3.89. The van der Waals surface area contributed by atoms with E-state index in [9.17, 15) is 0 Å². The summed E-state index contributed by atoms with van der Waals surface area (Å²) in [5, 5.41) is 14.1. The Bertz CT molecular complexity index is 625. The van der Waals surface area contributed by atoms with E-state index in [1.807, 2.05) is 31.5 Å². The zero-order valence-corrected chi connectivity index (χ0v) is 9.38. The van der Waals surface area contributed by atoms with Crippen molar-refractivity contribution >= 4 is 11.6 Å². The van der Waals surface area contributed by atoms with Gasteiger partial charge in [-0.15, -0.1) is 5.10 Å². The first kappa shape index (κ1) is 9.83.